The second kappa shape index (κ2) is 6.39. The van der Waals surface area contributed by atoms with E-state index >= 15 is 0 Å². The number of benzene rings is 1. The normalized spacial score (nSPS) is 15.1. The summed E-state index contributed by atoms with van der Waals surface area (Å²) in [5, 5.41) is 0. The number of pyridine rings is 1. The Bertz CT molecular complexity index is 522. The summed E-state index contributed by atoms with van der Waals surface area (Å²) in [6.45, 7) is 3.91. The minimum absolute atomic E-state index is 0.569. The Morgan fingerprint density at radius 1 is 1.05 bits per heavy atom. The fourth-order valence-electron chi connectivity index (χ4n) is 2.18. The number of hydrogen-bond acceptors (Lipinski definition) is 4. The molecule has 0 unspecified atom stereocenters. The van der Waals surface area contributed by atoms with Crippen LogP contribution >= 0.6 is 0 Å². The minimum atomic E-state index is 0.569. The van der Waals surface area contributed by atoms with Crippen LogP contribution in [0.1, 0.15) is 5.56 Å². The summed E-state index contributed by atoms with van der Waals surface area (Å²) in [5.41, 5.74) is 1.16. The first kappa shape index (κ1) is 12.9. The first-order valence-corrected chi connectivity index (χ1v) is 6.87. The quantitative estimate of drug-likeness (QED) is 0.855. The molecule has 0 atom stereocenters. The largest absolute Gasteiger partial charge is 0.487 e. The molecule has 3 rings (SSSR count). The predicted octanol–water partition coefficient (Wildman–Crippen LogP) is 2.50. The van der Waals surface area contributed by atoms with Crippen LogP contribution in [0.15, 0.2) is 48.7 Å². The van der Waals surface area contributed by atoms with Crippen LogP contribution in [0.5, 0.6) is 5.75 Å². The lowest BCUT2D eigenvalue weighted by molar-refractivity contribution is 0.122. The van der Waals surface area contributed by atoms with Crippen molar-refractivity contribution < 1.29 is 9.47 Å². The van der Waals surface area contributed by atoms with Crippen molar-refractivity contribution in [3.63, 3.8) is 0 Å². The standard InChI is InChI=1S/C16H18N2O2/c1-2-4-14(5-3-1)13-20-15-6-7-16(17-12-15)18-8-10-19-11-9-18/h1-7,12H,8-11,13H2. The van der Waals surface area contributed by atoms with Crippen molar-refractivity contribution in [1.29, 1.82) is 0 Å². The molecular weight excluding hydrogens is 252 g/mol. The zero-order chi connectivity index (χ0) is 13.6. The number of anilines is 1. The third-order valence-electron chi connectivity index (χ3n) is 3.30. The number of morpholine rings is 1. The van der Waals surface area contributed by atoms with Gasteiger partial charge in [-0.2, -0.15) is 0 Å². The molecular formula is C16H18N2O2. The fraction of sp³-hybridized carbons (Fsp3) is 0.312. The number of aromatic nitrogens is 1. The Hall–Kier alpha value is -2.07. The van der Waals surface area contributed by atoms with Gasteiger partial charge in [0.05, 0.1) is 19.4 Å². The van der Waals surface area contributed by atoms with Gasteiger partial charge in [0.15, 0.2) is 0 Å². The van der Waals surface area contributed by atoms with Crippen LogP contribution in [-0.2, 0) is 11.3 Å². The summed E-state index contributed by atoms with van der Waals surface area (Å²) in [5.74, 6) is 1.78. The van der Waals surface area contributed by atoms with Gasteiger partial charge in [-0.15, -0.1) is 0 Å². The zero-order valence-electron chi connectivity index (χ0n) is 11.4. The van der Waals surface area contributed by atoms with Gasteiger partial charge < -0.3 is 14.4 Å². The van der Waals surface area contributed by atoms with Gasteiger partial charge >= 0.3 is 0 Å². The molecule has 20 heavy (non-hydrogen) atoms. The molecule has 1 aliphatic rings. The second-order valence-corrected chi connectivity index (χ2v) is 4.73. The summed E-state index contributed by atoms with van der Waals surface area (Å²) in [4.78, 5) is 6.69. The Morgan fingerprint density at radius 2 is 1.85 bits per heavy atom. The smallest absolute Gasteiger partial charge is 0.138 e. The lowest BCUT2D eigenvalue weighted by Crippen LogP contribution is -2.36. The topological polar surface area (TPSA) is 34.6 Å². The first-order valence-electron chi connectivity index (χ1n) is 6.87. The lowest BCUT2D eigenvalue weighted by Gasteiger charge is -2.27. The Labute approximate surface area is 119 Å². The van der Waals surface area contributed by atoms with Crippen molar-refractivity contribution in [1.82, 2.24) is 4.98 Å². The van der Waals surface area contributed by atoms with E-state index in [0.717, 1.165) is 43.4 Å². The SMILES string of the molecule is c1ccc(COc2ccc(N3CCOCC3)nc2)cc1. The molecule has 2 heterocycles. The monoisotopic (exact) mass is 270 g/mol. The highest BCUT2D eigenvalue weighted by Crippen LogP contribution is 2.17. The average molecular weight is 270 g/mol. The van der Waals surface area contributed by atoms with Gasteiger partial charge in [-0.25, -0.2) is 4.98 Å². The summed E-state index contributed by atoms with van der Waals surface area (Å²) in [7, 11) is 0. The third kappa shape index (κ3) is 3.27. The molecule has 2 aromatic rings. The van der Waals surface area contributed by atoms with Crippen molar-refractivity contribution in [3.8, 4) is 5.75 Å². The predicted molar refractivity (Wildman–Crippen MR) is 78.0 cm³/mol. The van der Waals surface area contributed by atoms with Crippen LogP contribution in [-0.4, -0.2) is 31.3 Å². The molecule has 0 N–H and O–H groups in total. The maximum atomic E-state index is 5.73. The van der Waals surface area contributed by atoms with Crippen molar-refractivity contribution in [3.05, 3.63) is 54.2 Å². The minimum Gasteiger partial charge on any atom is -0.487 e. The number of ether oxygens (including phenoxy) is 2. The maximum Gasteiger partial charge on any atom is 0.138 e. The van der Waals surface area contributed by atoms with Crippen LogP contribution in [0.3, 0.4) is 0 Å². The van der Waals surface area contributed by atoms with Crippen molar-refractivity contribution in [2.24, 2.45) is 0 Å². The van der Waals surface area contributed by atoms with E-state index < -0.39 is 0 Å². The first-order chi connectivity index (χ1) is 9.92. The van der Waals surface area contributed by atoms with Crippen LogP contribution in [0.2, 0.25) is 0 Å². The highest BCUT2D eigenvalue weighted by atomic mass is 16.5. The number of hydrogen-bond donors (Lipinski definition) is 0. The van der Waals surface area contributed by atoms with E-state index in [4.69, 9.17) is 9.47 Å². The van der Waals surface area contributed by atoms with Crippen molar-refractivity contribution in [2.45, 2.75) is 6.61 Å². The van der Waals surface area contributed by atoms with E-state index in [9.17, 15) is 0 Å². The molecule has 0 spiro atoms. The Kier molecular flexibility index (Phi) is 4.13. The fourth-order valence-corrected chi connectivity index (χ4v) is 2.18. The van der Waals surface area contributed by atoms with E-state index in [1.54, 1.807) is 6.20 Å². The molecule has 0 aliphatic carbocycles. The molecule has 0 radical (unpaired) electrons. The van der Waals surface area contributed by atoms with Crippen LogP contribution in [0.4, 0.5) is 5.82 Å². The van der Waals surface area contributed by atoms with E-state index in [2.05, 4.69) is 22.0 Å². The molecule has 1 aromatic heterocycles. The van der Waals surface area contributed by atoms with Gasteiger partial charge in [-0.1, -0.05) is 30.3 Å². The van der Waals surface area contributed by atoms with Gasteiger partial charge in [0.1, 0.15) is 18.2 Å². The molecule has 0 saturated carbocycles. The van der Waals surface area contributed by atoms with Gasteiger partial charge in [0.25, 0.3) is 0 Å². The highest BCUT2D eigenvalue weighted by Gasteiger charge is 2.11. The summed E-state index contributed by atoms with van der Waals surface area (Å²) < 4.78 is 11.1. The van der Waals surface area contributed by atoms with Crippen LogP contribution in [0, 0.1) is 0 Å². The Balaban J connectivity index is 1.58. The van der Waals surface area contributed by atoms with E-state index in [1.807, 2.05) is 30.3 Å². The average Bonchev–Trinajstić information content (AvgIpc) is 2.55. The third-order valence-corrected chi connectivity index (χ3v) is 3.30. The summed E-state index contributed by atoms with van der Waals surface area (Å²) in [6, 6.07) is 14.1. The zero-order valence-corrected chi connectivity index (χ0v) is 11.4. The summed E-state index contributed by atoms with van der Waals surface area (Å²) >= 11 is 0. The molecule has 0 bridgehead atoms. The molecule has 1 saturated heterocycles. The Morgan fingerprint density at radius 3 is 2.55 bits per heavy atom. The molecule has 1 aromatic carbocycles. The molecule has 4 nitrogen and oxygen atoms in total. The van der Waals surface area contributed by atoms with Crippen LogP contribution < -0.4 is 9.64 Å². The maximum absolute atomic E-state index is 5.73. The number of nitrogens with zero attached hydrogens (tertiary/aromatic N) is 2. The van der Waals surface area contributed by atoms with E-state index in [-0.39, 0.29) is 0 Å². The molecule has 4 heteroatoms. The number of rotatable bonds is 4. The van der Waals surface area contributed by atoms with Gasteiger partial charge in [0.2, 0.25) is 0 Å². The van der Waals surface area contributed by atoms with Crippen molar-refractivity contribution in [2.75, 3.05) is 31.2 Å². The molecule has 0 amide bonds. The van der Waals surface area contributed by atoms with Gasteiger partial charge in [-0.3, -0.25) is 0 Å². The summed E-state index contributed by atoms with van der Waals surface area (Å²) in [6.07, 6.45) is 1.79. The lowest BCUT2D eigenvalue weighted by atomic mass is 10.2. The molecule has 1 aliphatic heterocycles. The molecule has 1 fully saturated rings. The van der Waals surface area contributed by atoms with Gasteiger partial charge in [0, 0.05) is 13.1 Å². The van der Waals surface area contributed by atoms with Crippen LogP contribution in [0.25, 0.3) is 0 Å². The highest BCUT2D eigenvalue weighted by molar-refractivity contribution is 5.41. The van der Waals surface area contributed by atoms with Gasteiger partial charge in [-0.05, 0) is 17.7 Å². The van der Waals surface area contributed by atoms with Crippen molar-refractivity contribution >= 4 is 5.82 Å². The van der Waals surface area contributed by atoms with E-state index in [1.165, 1.54) is 0 Å². The second-order valence-electron chi connectivity index (χ2n) is 4.73. The van der Waals surface area contributed by atoms with E-state index in [0.29, 0.717) is 6.61 Å². The molecule has 104 valence electrons.